The zero-order chi connectivity index (χ0) is 15.1. The van der Waals surface area contributed by atoms with Gasteiger partial charge in [-0.15, -0.1) is 0 Å². The predicted octanol–water partition coefficient (Wildman–Crippen LogP) is 3.02. The topological polar surface area (TPSA) is 58.2 Å². The molecule has 0 saturated heterocycles. The van der Waals surface area contributed by atoms with Crippen LogP contribution in [0.1, 0.15) is 44.1 Å². The molecule has 1 aliphatic rings. The van der Waals surface area contributed by atoms with Crippen molar-refractivity contribution in [1.29, 1.82) is 0 Å². The third kappa shape index (κ3) is 5.21. The molecule has 2 amide bonds. The number of carbonyl (C=O) groups is 2. The van der Waals surface area contributed by atoms with Crippen molar-refractivity contribution in [2.24, 2.45) is 5.92 Å². The van der Waals surface area contributed by atoms with E-state index in [4.69, 9.17) is 0 Å². The second kappa shape index (κ2) is 7.81. The van der Waals surface area contributed by atoms with Crippen LogP contribution in [-0.4, -0.2) is 18.4 Å². The van der Waals surface area contributed by atoms with Gasteiger partial charge in [-0.1, -0.05) is 49.8 Å². The number of hydrogen-bond acceptors (Lipinski definition) is 2. The zero-order valence-electron chi connectivity index (χ0n) is 12.7. The fourth-order valence-electron chi connectivity index (χ4n) is 2.77. The quantitative estimate of drug-likeness (QED) is 0.837. The van der Waals surface area contributed by atoms with Crippen molar-refractivity contribution in [3.05, 3.63) is 29.8 Å². The molecule has 2 rings (SSSR count). The van der Waals surface area contributed by atoms with Crippen LogP contribution in [0.4, 0.5) is 5.69 Å². The molecule has 1 aromatic rings. The van der Waals surface area contributed by atoms with Crippen molar-refractivity contribution in [3.63, 3.8) is 0 Å². The minimum atomic E-state index is -0.595. The molecule has 21 heavy (non-hydrogen) atoms. The van der Waals surface area contributed by atoms with Crippen LogP contribution < -0.4 is 10.6 Å². The molecule has 2 N–H and O–H groups in total. The summed E-state index contributed by atoms with van der Waals surface area (Å²) in [6, 6.07) is 7.39. The summed E-state index contributed by atoms with van der Waals surface area (Å²) in [5, 5.41) is 5.32. The molecule has 114 valence electrons. The number of amides is 2. The van der Waals surface area contributed by atoms with E-state index in [2.05, 4.69) is 10.6 Å². The maximum absolute atomic E-state index is 11.8. The fraction of sp³-hybridized carbons (Fsp3) is 0.529. The van der Waals surface area contributed by atoms with E-state index in [-0.39, 0.29) is 0 Å². The summed E-state index contributed by atoms with van der Waals surface area (Å²) in [5.74, 6) is -0.437. The molecule has 4 heteroatoms. The van der Waals surface area contributed by atoms with E-state index in [1.54, 1.807) is 12.1 Å². The third-order valence-corrected chi connectivity index (χ3v) is 4.08. The molecule has 0 aromatic heterocycles. The Hall–Kier alpha value is -1.84. The minimum absolute atomic E-state index is 0.550. The van der Waals surface area contributed by atoms with Crippen molar-refractivity contribution in [3.8, 4) is 0 Å². The number of rotatable bonds is 4. The Balaban J connectivity index is 1.69. The van der Waals surface area contributed by atoms with Crippen LogP contribution in [0, 0.1) is 12.8 Å². The van der Waals surface area contributed by atoms with E-state index in [0.29, 0.717) is 18.2 Å². The lowest BCUT2D eigenvalue weighted by Crippen LogP contribution is -2.36. The largest absolute Gasteiger partial charge is 0.348 e. The highest BCUT2D eigenvalue weighted by Crippen LogP contribution is 2.25. The zero-order valence-corrected chi connectivity index (χ0v) is 12.7. The van der Waals surface area contributed by atoms with Gasteiger partial charge in [-0.3, -0.25) is 9.59 Å². The standard InChI is InChI=1S/C17H24N2O2/c1-13-7-9-15(10-8-13)19-17(21)16(20)18-12-11-14-5-3-2-4-6-14/h7-10,14H,2-6,11-12H2,1H3,(H,18,20)(H,19,21). The second-order valence-electron chi connectivity index (χ2n) is 5.87. The Morgan fingerprint density at radius 1 is 1.05 bits per heavy atom. The van der Waals surface area contributed by atoms with Crippen LogP contribution in [0.2, 0.25) is 0 Å². The Morgan fingerprint density at radius 3 is 2.38 bits per heavy atom. The molecule has 1 fully saturated rings. The Labute approximate surface area is 126 Å². The maximum Gasteiger partial charge on any atom is 0.313 e. The molecular weight excluding hydrogens is 264 g/mol. The molecule has 1 aliphatic carbocycles. The Morgan fingerprint density at radius 2 is 1.71 bits per heavy atom. The van der Waals surface area contributed by atoms with Gasteiger partial charge >= 0.3 is 11.8 Å². The molecule has 0 spiro atoms. The Kier molecular flexibility index (Phi) is 5.78. The van der Waals surface area contributed by atoms with Crippen molar-refractivity contribution in [2.75, 3.05) is 11.9 Å². The molecule has 0 aliphatic heterocycles. The summed E-state index contributed by atoms with van der Waals surface area (Å²) in [5.41, 5.74) is 1.76. The van der Waals surface area contributed by atoms with Crippen molar-refractivity contribution in [2.45, 2.75) is 45.4 Å². The predicted molar refractivity (Wildman–Crippen MR) is 84.0 cm³/mol. The highest BCUT2D eigenvalue weighted by molar-refractivity contribution is 6.39. The van der Waals surface area contributed by atoms with Gasteiger partial charge in [0, 0.05) is 12.2 Å². The number of hydrogen-bond donors (Lipinski definition) is 2. The number of benzene rings is 1. The average Bonchev–Trinajstić information content (AvgIpc) is 2.50. The molecule has 0 bridgehead atoms. The van der Waals surface area contributed by atoms with Gasteiger partial charge in [0.15, 0.2) is 0 Å². The van der Waals surface area contributed by atoms with Crippen LogP contribution in [-0.2, 0) is 9.59 Å². The van der Waals surface area contributed by atoms with Crippen molar-refractivity contribution >= 4 is 17.5 Å². The summed E-state index contributed by atoms with van der Waals surface area (Å²) in [7, 11) is 0. The van der Waals surface area contributed by atoms with Gasteiger partial charge in [-0.05, 0) is 31.4 Å². The summed E-state index contributed by atoms with van der Waals surface area (Å²) in [6.07, 6.45) is 7.42. The monoisotopic (exact) mass is 288 g/mol. The number of aryl methyl sites for hydroxylation is 1. The lowest BCUT2D eigenvalue weighted by molar-refractivity contribution is -0.136. The van der Waals surface area contributed by atoms with E-state index >= 15 is 0 Å². The summed E-state index contributed by atoms with van der Waals surface area (Å²) in [4.78, 5) is 23.5. The van der Waals surface area contributed by atoms with Crippen LogP contribution in [0.3, 0.4) is 0 Å². The molecule has 0 atom stereocenters. The van der Waals surface area contributed by atoms with E-state index in [1.165, 1.54) is 32.1 Å². The van der Waals surface area contributed by atoms with Gasteiger partial charge in [0.05, 0.1) is 0 Å². The van der Waals surface area contributed by atoms with E-state index < -0.39 is 11.8 Å². The fourth-order valence-corrected chi connectivity index (χ4v) is 2.77. The molecule has 1 aromatic carbocycles. The molecule has 0 heterocycles. The minimum Gasteiger partial charge on any atom is -0.348 e. The second-order valence-corrected chi connectivity index (χ2v) is 5.87. The van der Waals surface area contributed by atoms with Gasteiger partial charge < -0.3 is 10.6 Å². The van der Waals surface area contributed by atoms with E-state index in [1.807, 2.05) is 19.1 Å². The smallest absolute Gasteiger partial charge is 0.313 e. The van der Waals surface area contributed by atoms with Gasteiger partial charge in [-0.25, -0.2) is 0 Å². The first-order valence-corrected chi connectivity index (χ1v) is 7.81. The number of carbonyl (C=O) groups excluding carboxylic acids is 2. The van der Waals surface area contributed by atoms with Crippen LogP contribution in [0.5, 0.6) is 0 Å². The highest BCUT2D eigenvalue weighted by atomic mass is 16.2. The number of nitrogens with one attached hydrogen (secondary N) is 2. The lowest BCUT2D eigenvalue weighted by Gasteiger charge is -2.21. The molecule has 0 unspecified atom stereocenters. The first-order valence-electron chi connectivity index (χ1n) is 7.81. The van der Waals surface area contributed by atoms with Crippen molar-refractivity contribution in [1.82, 2.24) is 5.32 Å². The summed E-state index contributed by atoms with van der Waals surface area (Å²) in [6.45, 7) is 2.56. The SMILES string of the molecule is Cc1ccc(NC(=O)C(=O)NCCC2CCCCC2)cc1. The highest BCUT2D eigenvalue weighted by Gasteiger charge is 2.16. The van der Waals surface area contributed by atoms with E-state index in [9.17, 15) is 9.59 Å². The van der Waals surface area contributed by atoms with Gasteiger partial charge in [-0.2, -0.15) is 0 Å². The first kappa shape index (κ1) is 15.5. The molecule has 0 radical (unpaired) electrons. The normalized spacial score (nSPS) is 15.5. The maximum atomic E-state index is 11.8. The Bertz CT molecular complexity index is 476. The number of anilines is 1. The average molecular weight is 288 g/mol. The summed E-state index contributed by atoms with van der Waals surface area (Å²) >= 11 is 0. The van der Waals surface area contributed by atoms with Crippen LogP contribution >= 0.6 is 0 Å². The van der Waals surface area contributed by atoms with E-state index in [0.717, 1.165) is 12.0 Å². The summed E-state index contributed by atoms with van der Waals surface area (Å²) < 4.78 is 0. The lowest BCUT2D eigenvalue weighted by atomic mass is 9.87. The van der Waals surface area contributed by atoms with Crippen LogP contribution in [0.25, 0.3) is 0 Å². The van der Waals surface area contributed by atoms with Gasteiger partial charge in [0.2, 0.25) is 0 Å². The van der Waals surface area contributed by atoms with Crippen molar-refractivity contribution < 1.29 is 9.59 Å². The van der Waals surface area contributed by atoms with Crippen LogP contribution in [0.15, 0.2) is 24.3 Å². The molecule has 4 nitrogen and oxygen atoms in total. The molecular formula is C17H24N2O2. The van der Waals surface area contributed by atoms with Gasteiger partial charge in [0.25, 0.3) is 0 Å². The third-order valence-electron chi connectivity index (χ3n) is 4.08. The van der Waals surface area contributed by atoms with Gasteiger partial charge in [0.1, 0.15) is 0 Å². The first-order chi connectivity index (χ1) is 10.1. The molecule has 1 saturated carbocycles.